The van der Waals surface area contributed by atoms with Crippen molar-refractivity contribution >= 4 is 17.2 Å². The molecule has 0 aromatic heterocycles. The summed E-state index contributed by atoms with van der Waals surface area (Å²) in [6.45, 7) is 0. The fourth-order valence-corrected chi connectivity index (χ4v) is 2.52. The number of hydrogen-bond donors (Lipinski definition) is 0. The van der Waals surface area contributed by atoms with E-state index in [9.17, 15) is 0 Å². The predicted octanol–water partition coefficient (Wildman–Crippen LogP) is 5.35. The molecule has 0 heterocycles. The predicted molar refractivity (Wildman–Crippen MR) is 90.0 cm³/mol. The molecule has 21 heavy (non-hydrogen) atoms. The van der Waals surface area contributed by atoms with Gasteiger partial charge in [0, 0.05) is 16.5 Å². The van der Waals surface area contributed by atoms with Crippen LogP contribution in [0.15, 0.2) is 72.8 Å². The van der Waals surface area contributed by atoms with Crippen LogP contribution in [0.3, 0.4) is 0 Å². The Bertz CT molecular complexity index is 725. The van der Waals surface area contributed by atoms with Gasteiger partial charge in [0.2, 0.25) is 0 Å². The second kappa shape index (κ2) is 6.48. The molecule has 1 aliphatic carbocycles. The van der Waals surface area contributed by atoms with Gasteiger partial charge in [-0.2, -0.15) is 0 Å². The van der Waals surface area contributed by atoms with Crippen LogP contribution in [0.2, 0.25) is 5.02 Å². The Hall–Kier alpha value is -2.23. The van der Waals surface area contributed by atoms with Crippen molar-refractivity contribution in [2.75, 3.05) is 0 Å². The van der Waals surface area contributed by atoms with Crippen molar-refractivity contribution in [3.05, 3.63) is 89.0 Å². The van der Waals surface area contributed by atoms with E-state index in [1.54, 1.807) is 0 Å². The summed E-state index contributed by atoms with van der Waals surface area (Å²) in [4.78, 5) is 0. The maximum atomic E-state index is 5.97. The van der Waals surface area contributed by atoms with E-state index in [1.807, 2.05) is 42.5 Å². The normalized spacial score (nSPS) is 16.8. The molecule has 0 amide bonds. The monoisotopic (exact) mass is 290 g/mol. The molecule has 1 atom stereocenters. The third-order valence-corrected chi connectivity index (χ3v) is 3.75. The zero-order chi connectivity index (χ0) is 14.5. The van der Waals surface area contributed by atoms with E-state index < -0.39 is 0 Å². The lowest BCUT2D eigenvalue weighted by atomic mass is 9.87. The smallest absolute Gasteiger partial charge is 0.0496 e. The van der Waals surface area contributed by atoms with Gasteiger partial charge >= 0.3 is 0 Å². The minimum absolute atomic E-state index is 0.233. The Labute approximate surface area is 130 Å². The summed E-state index contributed by atoms with van der Waals surface area (Å²) in [6, 6.07) is 18.1. The molecular weight excluding hydrogens is 276 g/mol. The van der Waals surface area contributed by atoms with Crippen molar-refractivity contribution in [1.82, 2.24) is 0 Å². The fraction of sp³-hybridized carbons (Fsp3) is 0.100. The minimum atomic E-state index is 0.233. The van der Waals surface area contributed by atoms with Crippen LogP contribution in [0.1, 0.15) is 17.5 Å². The topological polar surface area (TPSA) is 0 Å². The standard InChI is InChI=1S/C20H15Cl/c21-19-14-12-18(13-15-19)20-9-5-4-8-17(20)11-10-16-6-2-1-3-7-16/h1-7,9,12-15,17H,8H2. The van der Waals surface area contributed by atoms with Crippen LogP contribution in [0.5, 0.6) is 0 Å². The quantitative estimate of drug-likeness (QED) is 0.621. The third-order valence-electron chi connectivity index (χ3n) is 3.50. The molecule has 0 saturated carbocycles. The number of allylic oxidation sites excluding steroid dienone is 4. The van der Waals surface area contributed by atoms with E-state index in [0.717, 1.165) is 17.0 Å². The summed E-state index contributed by atoms with van der Waals surface area (Å²) in [5, 5.41) is 0.762. The van der Waals surface area contributed by atoms with E-state index in [0.29, 0.717) is 0 Å². The van der Waals surface area contributed by atoms with E-state index in [2.05, 4.69) is 42.2 Å². The largest absolute Gasteiger partial charge is 0.0893 e. The van der Waals surface area contributed by atoms with Crippen LogP contribution in [0, 0.1) is 17.8 Å². The van der Waals surface area contributed by atoms with Gasteiger partial charge in [-0.25, -0.2) is 0 Å². The van der Waals surface area contributed by atoms with Crippen LogP contribution in [-0.2, 0) is 0 Å². The molecule has 1 unspecified atom stereocenters. The van der Waals surface area contributed by atoms with Gasteiger partial charge in [0.15, 0.2) is 0 Å². The SMILES string of the molecule is Clc1ccc(C2=CC=CCC2C#Cc2ccccc2)cc1. The molecule has 0 spiro atoms. The molecule has 2 aromatic rings. The van der Waals surface area contributed by atoms with Gasteiger partial charge in [-0.1, -0.05) is 72.0 Å². The average Bonchev–Trinajstić information content (AvgIpc) is 2.55. The molecule has 0 aliphatic heterocycles. The Morgan fingerprint density at radius 3 is 2.48 bits per heavy atom. The molecule has 1 heteroatoms. The highest BCUT2D eigenvalue weighted by atomic mass is 35.5. The molecule has 102 valence electrons. The maximum absolute atomic E-state index is 5.97. The van der Waals surface area contributed by atoms with Crippen LogP contribution < -0.4 is 0 Å². The highest BCUT2D eigenvalue weighted by Gasteiger charge is 2.14. The van der Waals surface area contributed by atoms with E-state index in [1.165, 1.54) is 11.1 Å². The number of rotatable bonds is 1. The first-order chi connectivity index (χ1) is 10.3. The highest BCUT2D eigenvalue weighted by molar-refractivity contribution is 6.30. The van der Waals surface area contributed by atoms with Crippen molar-refractivity contribution in [3.63, 3.8) is 0 Å². The first kappa shape index (κ1) is 13.7. The number of halogens is 1. The van der Waals surface area contributed by atoms with Crippen molar-refractivity contribution in [1.29, 1.82) is 0 Å². The third kappa shape index (κ3) is 3.45. The van der Waals surface area contributed by atoms with Crippen LogP contribution in [0.4, 0.5) is 0 Å². The summed E-state index contributed by atoms with van der Waals surface area (Å²) in [5.41, 5.74) is 3.51. The maximum Gasteiger partial charge on any atom is 0.0496 e. The van der Waals surface area contributed by atoms with Gasteiger partial charge in [-0.05, 0) is 41.8 Å². The molecule has 2 aromatic carbocycles. The number of hydrogen-bond acceptors (Lipinski definition) is 0. The lowest BCUT2D eigenvalue weighted by Gasteiger charge is -2.17. The zero-order valence-corrected chi connectivity index (χ0v) is 12.3. The van der Waals surface area contributed by atoms with Crippen molar-refractivity contribution < 1.29 is 0 Å². The van der Waals surface area contributed by atoms with Gasteiger partial charge in [-0.3, -0.25) is 0 Å². The summed E-state index contributed by atoms with van der Waals surface area (Å²) in [5.74, 6) is 6.91. The second-order valence-corrected chi connectivity index (χ2v) is 5.42. The number of benzene rings is 2. The van der Waals surface area contributed by atoms with E-state index in [4.69, 9.17) is 11.6 Å². The van der Waals surface area contributed by atoms with E-state index in [-0.39, 0.29) is 5.92 Å². The second-order valence-electron chi connectivity index (χ2n) is 4.98. The van der Waals surface area contributed by atoms with Crippen molar-refractivity contribution in [3.8, 4) is 11.8 Å². The highest BCUT2D eigenvalue weighted by Crippen LogP contribution is 2.30. The molecule has 0 radical (unpaired) electrons. The van der Waals surface area contributed by atoms with Gasteiger partial charge in [0.25, 0.3) is 0 Å². The molecular formula is C20H15Cl. The molecule has 3 rings (SSSR count). The zero-order valence-electron chi connectivity index (χ0n) is 11.6. The first-order valence-electron chi connectivity index (χ1n) is 7.02. The van der Waals surface area contributed by atoms with Crippen LogP contribution >= 0.6 is 11.6 Å². The van der Waals surface area contributed by atoms with Gasteiger partial charge in [-0.15, -0.1) is 0 Å². The van der Waals surface area contributed by atoms with Crippen molar-refractivity contribution in [2.45, 2.75) is 6.42 Å². The van der Waals surface area contributed by atoms with Crippen LogP contribution in [-0.4, -0.2) is 0 Å². The lowest BCUT2D eigenvalue weighted by Crippen LogP contribution is -2.03. The fourth-order valence-electron chi connectivity index (χ4n) is 2.40. The lowest BCUT2D eigenvalue weighted by molar-refractivity contribution is 0.874. The molecule has 0 N–H and O–H groups in total. The van der Waals surface area contributed by atoms with Crippen molar-refractivity contribution in [2.24, 2.45) is 5.92 Å². The van der Waals surface area contributed by atoms with Gasteiger partial charge in [0.1, 0.15) is 0 Å². The summed E-state index contributed by atoms with van der Waals surface area (Å²) >= 11 is 5.97. The molecule has 0 bridgehead atoms. The summed E-state index contributed by atoms with van der Waals surface area (Å²) in [7, 11) is 0. The summed E-state index contributed by atoms with van der Waals surface area (Å²) in [6.07, 6.45) is 7.37. The Morgan fingerprint density at radius 1 is 0.952 bits per heavy atom. The van der Waals surface area contributed by atoms with Gasteiger partial charge in [0.05, 0.1) is 0 Å². The summed E-state index contributed by atoms with van der Waals surface area (Å²) < 4.78 is 0. The Balaban J connectivity index is 1.88. The first-order valence-corrected chi connectivity index (χ1v) is 7.40. The molecule has 0 nitrogen and oxygen atoms in total. The minimum Gasteiger partial charge on any atom is -0.0893 e. The van der Waals surface area contributed by atoms with Crippen LogP contribution in [0.25, 0.3) is 5.57 Å². The molecule has 1 aliphatic rings. The molecule has 0 fully saturated rings. The van der Waals surface area contributed by atoms with E-state index >= 15 is 0 Å². The Kier molecular flexibility index (Phi) is 4.24. The van der Waals surface area contributed by atoms with Gasteiger partial charge < -0.3 is 0 Å². The Morgan fingerprint density at radius 2 is 1.71 bits per heavy atom. The molecule has 0 saturated heterocycles. The average molecular weight is 291 g/mol.